The zero-order chi connectivity index (χ0) is 16.9. The van der Waals surface area contributed by atoms with Crippen molar-refractivity contribution in [2.24, 2.45) is 0 Å². The number of nitrogens with zero attached hydrogens (tertiary/aromatic N) is 1. The highest BCUT2D eigenvalue weighted by Gasteiger charge is 2.18. The van der Waals surface area contributed by atoms with Crippen LogP contribution >= 0.6 is 11.3 Å². The number of aliphatic hydroxyl groups is 1. The van der Waals surface area contributed by atoms with Crippen LogP contribution in [0.25, 0.3) is 0 Å². The Balaban J connectivity index is 1.91. The smallest absolute Gasteiger partial charge is 0.251 e. The highest BCUT2D eigenvalue weighted by atomic mass is 32.1. The largest absolute Gasteiger partial charge is 0.487 e. The second-order valence-electron chi connectivity index (χ2n) is 6.19. The molecule has 0 aliphatic rings. The van der Waals surface area contributed by atoms with E-state index in [-0.39, 0.29) is 24.5 Å². The zero-order valence-electron chi connectivity index (χ0n) is 13.6. The molecule has 5 nitrogen and oxygen atoms in total. The Bertz CT molecular complexity index is 645. The molecule has 0 fully saturated rings. The molecule has 2 N–H and O–H groups in total. The van der Waals surface area contributed by atoms with Gasteiger partial charge < -0.3 is 15.2 Å². The monoisotopic (exact) mass is 334 g/mol. The van der Waals surface area contributed by atoms with E-state index in [2.05, 4.69) is 31.1 Å². The van der Waals surface area contributed by atoms with E-state index >= 15 is 0 Å². The molecular formula is C17H22N2O3S. The maximum absolute atomic E-state index is 11.7. The molecule has 0 radical (unpaired) electrons. The van der Waals surface area contributed by atoms with Crippen LogP contribution in [0, 0.1) is 0 Å². The van der Waals surface area contributed by atoms with Crippen molar-refractivity contribution in [2.45, 2.75) is 32.8 Å². The number of amides is 1. The molecule has 0 bridgehead atoms. The fourth-order valence-corrected chi connectivity index (χ4v) is 2.74. The third-order valence-corrected chi connectivity index (χ3v) is 4.41. The number of carbonyl (C=O) groups excluding carboxylic acids is 1. The van der Waals surface area contributed by atoms with Crippen molar-refractivity contribution >= 4 is 17.2 Å². The van der Waals surface area contributed by atoms with Gasteiger partial charge in [-0.2, -0.15) is 0 Å². The highest BCUT2D eigenvalue weighted by molar-refractivity contribution is 7.09. The lowest BCUT2D eigenvalue weighted by Crippen LogP contribution is -2.26. The predicted octanol–water partition coefficient (Wildman–Crippen LogP) is 2.74. The Kier molecular flexibility index (Phi) is 5.74. The van der Waals surface area contributed by atoms with E-state index in [0.29, 0.717) is 17.9 Å². The Morgan fingerprint density at radius 2 is 2.00 bits per heavy atom. The maximum Gasteiger partial charge on any atom is 0.251 e. The molecule has 0 saturated carbocycles. The number of hydrogen-bond donors (Lipinski definition) is 2. The maximum atomic E-state index is 11.7. The first-order valence-electron chi connectivity index (χ1n) is 7.47. The number of aromatic nitrogens is 1. The first-order chi connectivity index (χ1) is 10.9. The molecule has 2 rings (SSSR count). The molecule has 0 unspecified atom stereocenters. The summed E-state index contributed by atoms with van der Waals surface area (Å²) >= 11 is 1.64. The number of hydrogen-bond acceptors (Lipinski definition) is 5. The predicted molar refractivity (Wildman–Crippen MR) is 91.0 cm³/mol. The van der Waals surface area contributed by atoms with Crippen molar-refractivity contribution < 1.29 is 14.6 Å². The number of carbonyl (C=O) groups is 1. The molecule has 2 aromatic rings. The Labute approximate surface area is 140 Å². The van der Waals surface area contributed by atoms with Gasteiger partial charge in [-0.25, -0.2) is 4.98 Å². The van der Waals surface area contributed by atoms with Gasteiger partial charge in [0.2, 0.25) is 0 Å². The topological polar surface area (TPSA) is 71.5 Å². The van der Waals surface area contributed by atoms with Gasteiger partial charge in [0.05, 0.1) is 17.3 Å². The van der Waals surface area contributed by atoms with Gasteiger partial charge in [-0.1, -0.05) is 20.8 Å². The van der Waals surface area contributed by atoms with Crippen LogP contribution in [0.3, 0.4) is 0 Å². The summed E-state index contributed by atoms with van der Waals surface area (Å²) in [5.74, 6) is 0.480. The highest BCUT2D eigenvalue weighted by Crippen LogP contribution is 2.26. The summed E-state index contributed by atoms with van der Waals surface area (Å²) in [4.78, 5) is 16.3. The number of aliphatic hydroxyl groups excluding tert-OH is 1. The molecule has 0 saturated heterocycles. The van der Waals surface area contributed by atoms with Crippen LogP contribution in [0.1, 0.15) is 41.8 Å². The fourth-order valence-electron chi connectivity index (χ4n) is 1.85. The quantitative estimate of drug-likeness (QED) is 0.852. The lowest BCUT2D eigenvalue weighted by Gasteiger charge is -2.13. The van der Waals surface area contributed by atoms with Crippen molar-refractivity contribution in [1.82, 2.24) is 10.3 Å². The van der Waals surface area contributed by atoms with Gasteiger partial charge in [-0.15, -0.1) is 11.3 Å². The first-order valence-corrected chi connectivity index (χ1v) is 8.35. The lowest BCUT2D eigenvalue weighted by atomic mass is 9.98. The average molecular weight is 334 g/mol. The van der Waals surface area contributed by atoms with Crippen LogP contribution in [-0.2, 0) is 12.0 Å². The van der Waals surface area contributed by atoms with Crippen LogP contribution in [-0.4, -0.2) is 29.1 Å². The minimum Gasteiger partial charge on any atom is -0.487 e. The second kappa shape index (κ2) is 7.57. The minimum atomic E-state index is -0.208. The van der Waals surface area contributed by atoms with Gasteiger partial charge in [0.15, 0.2) is 0 Å². The molecule has 1 aromatic carbocycles. The molecule has 0 aliphatic carbocycles. The Hall–Kier alpha value is -1.92. The number of nitrogens with one attached hydrogen (secondary N) is 1. The van der Waals surface area contributed by atoms with Crippen LogP contribution in [0.5, 0.6) is 5.75 Å². The summed E-state index contributed by atoms with van der Waals surface area (Å²) in [6.45, 7) is 6.99. The molecular weight excluding hydrogens is 312 g/mol. The van der Waals surface area contributed by atoms with Crippen molar-refractivity contribution in [2.75, 3.05) is 13.2 Å². The summed E-state index contributed by atoms with van der Waals surface area (Å²) in [5.41, 5.74) is 1.49. The summed E-state index contributed by atoms with van der Waals surface area (Å²) in [6, 6.07) is 6.91. The number of rotatable bonds is 6. The first kappa shape index (κ1) is 17.4. The summed E-state index contributed by atoms with van der Waals surface area (Å²) < 4.78 is 5.71. The third kappa shape index (κ3) is 5.04. The van der Waals surface area contributed by atoms with Gasteiger partial charge in [0.25, 0.3) is 5.91 Å². The summed E-state index contributed by atoms with van der Waals surface area (Å²) in [7, 11) is 0. The standard InChI is InChI=1S/C17H22N2O3S/c1-17(2,3)16-19-13(11-23-16)10-22-14-6-4-12(5-7-14)15(21)18-8-9-20/h4-7,11,20H,8-10H2,1-3H3,(H,18,21). The molecule has 0 aliphatic heterocycles. The number of ether oxygens (including phenoxy) is 1. The van der Waals surface area contributed by atoms with E-state index in [4.69, 9.17) is 9.84 Å². The Morgan fingerprint density at radius 1 is 1.30 bits per heavy atom. The molecule has 0 spiro atoms. The van der Waals surface area contributed by atoms with Crippen molar-refractivity contribution in [3.63, 3.8) is 0 Å². The third-order valence-electron chi connectivity index (χ3n) is 3.09. The van der Waals surface area contributed by atoms with Crippen molar-refractivity contribution in [3.05, 3.63) is 45.9 Å². The van der Waals surface area contributed by atoms with Gasteiger partial charge in [0.1, 0.15) is 12.4 Å². The summed E-state index contributed by atoms with van der Waals surface area (Å²) in [6.07, 6.45) is 0. The van der Waals surface area contributed by atoms with Crippen LogP contribution in [0.15, 0.2) is 29.6 Å². The molecule has 124 valence electrons. The van der Waals surface area contributed by atoms with E-state index in [1.54, 1.807) is 35.6 Å². The lowest BCUT2D eigenvalue weighted by molar-refractivity contribution is 0.0944. The SMILES string of the molecule is CC(C)(C)c1nc(COc2ccc(C(=O)NCCO)cc2)cs1. The van der Waals surface area contributed by atoms with E-state index in [1.165, 1.54) is 0 Å². The van der Waals surface area contributed by atoms with Gasteiger partial charge in [-0.05, 0) is 24.3 Å². The van der Waals surface area contributed by atoms with Gasteiger partial charge in [-0.3, -0.25) is 4.79 Å². The fraction of sp³-hybridized carbons (Fsp3) is 0.412. The molecule has 6 heteroatoms. The van der Waals surface area contributed by atoms with Crippen LogP contribution in [0.4, 0.5) is 0 Å². The van der Waals surface area contributed by atoms with E-state index in [1.807, 2.05) is 5.38 Å². The van der Waals surface area contributed by atoms with Crippen LogP contribution < -0.4 is 10.1 Å². The average Bonchev–Trinajstić information content (AvgIpc) is 3.00. The van der Waals surface area contributed by atoms with Crippen molar-refractivity contribution in [1.29, 1.82) is 0 Å². The molecule has 23 heavy (non-hydrogen) atoms. The van der Waals surface area contributed by atoms with Gasteiger partial charge in [0, 0.05) is 22.9 Å². The van der Waals surface area contributed by atoms with Gasteiger partial charge >= 0.3 is 0 Å². The number of thiazole rings is 1. The molecule has 1 heterocycles. The normalized spacial score (nSPS) is 11.3. The molecule has 0 atom stereocenters. The number of benzene rings is 1. The Morgan fingerprint density at radius 3 is 2.57 bits per heavy atom. The van der Waals surface area contributed by atoms with E-state index < -0.39 is 0 Å². The zero-order valence-corrected chi connectivity index (χ0v) is 14.4. The van der Waals surface area contributed by atoms with Crippen LogP contribution in [0.2, 0.25) is 0 Å². The second-order valence-corrected chi connectivity index (χ2v) is 7.04. The van der Waals surface area contributed by atoms with E-state index in [0.717, 1.165) is 10.7 Å². The molecule has 1 aromatic heterocycles. The summed E-state index contributed by atoms with van der Waals surface area (Å²) in [5, 5.41) is 14.4. The van der Waals surface area contributed by atoms with E-state index in [9.17, 15) is 4.79 Å². The minimum absolute atomic E-state index is 0.0481. The molecule has 1 amide bonds. The van der Waals surface area contributed by atoms with Crippen molar-refractivity contribution in [3.8, 4) is 5.75 Å².